The minimum absolute atomic E-state index is 0.0792. The van der Waals surface area contributed by atoms with Crippen LogP contribution in [0.5, 0.6) is 46.0 Å². The van der Waals surface area contributed by atoms with E-state index in [1.807, 2.05) is 0 Å². The highest BCUT2D eigenvalue weighted by Crippen LogP contribution is 2.43. The Balaban J connectivity index is 1.45. The number of fused-ring (bicyclic) bond motifs is 8. The van der Waals surface area contributed by atoms with Gasteiger partial charge in [-0.05, 0) is 175 Å². The van der Waals surface area contributed by atoms with Crippen LogP contribution in [0.3, 0.4) is 0 Å². The van der Waals surface area contributed by atoms with Gasteiger partial charge in [0.25, 0.3) is 0 Å². The van der Waals surface area contributed by atoms with E-state index in [2.05, 4.69) is 9.97 Å². The molecule has 0 fully saturated rings. The van der Waals surface area contributed by atoms with Gasteiger partial charge in [-0.25, -0.2) is 48.3 Å². The molecular weight excluding hydrogens is 1350 g/mol. The number of ether oxygens (including phenoxy) is 16. The zero-order valence-electron chi connectivity index (χ0n) is 58.6. The van der Waals surface area contributed by atoms with E-state index < -0.39 is 101 Å². The molecule has 0 atom stereocenters. The average molecular weight is 1430 g/mol. The highest BCUT2D eigenvalue weighted by molar-refractivity contribution is 6.01. The molecule has 0 unspecified atom stereocenters. The van der Waals surface area contributed by atoms with E-state index >= 15 is 0 Å². The standard InChI is InChI=1S/C76H78N4O24/c1-9-89-65(81)37-97-49-25-45(26-50(33-49)98-38-66(82)90-10-2)73-57-17-19-59(77-57)74(46-27-51(99-39-67(83)91-11-3)34-52(28-46)100-40-68(84)92-12-4)61-21-23-63(79-61)76(48-31-55(103-43-71(87)95-15-7)36-56(32-48)104-44-72(88)96-16-8)64-24-22-62(80-64)75(60-20-18-58(73)78-60)47-29-53(101-41-69(85)93-13-5)35-54(30-47)102-42-70(86)94-14-6/h17-36,77,80H,9-16,37-44H2,1-8H3. The van der Waals surface area contributed by atoms with Crippen molar-refractivity contribution >= 4 is 94.1 Å². The fourth-order valence-electron chi connectivity index (χ4n) is 10.7. The summed E-state index contributed by atoms with van der Waals surface area (Å²) in [5, 5.41) is 0. The van der Waals surface area contributed by atoms with E-state index in [-0.39, 0.29) is 98.9 Å². The topological polar surface area (TPSA) is 342 Å². The fraction of sp³-hybridized carbons (Fsp3) is 0.316. The second kappa shape index (κ2) is 37.4. The Morgan fingerprint density at radius 2 is 0.404 bits per heavy atom. The van der Waals surface area contributed by atoms with Gasteiger partial charge in [-0.15, -0.1) is 0 Å². The fourth-order valence-corrected chi connectivity index (χ4v) is 10.7. The molecule has 0 saturated heterocycles. The minimum atomic E-state index is -0.666. The maximum Gasteiger partial charge on any atom is 0.344 e. The van der Waals surface area contributed by atoms with Gasteiger partial charge in [-0.2, -0.15) is 0 Å². The van der Waals surface area contributed by atoms with Crippen molar-refractivity contribution in [2.75, 3.05) is 106 Å². The van der Waals surface area contributed by atoms with Crippen LogP contribution in [0.2, 0.25) is 0 Å². The van der Waals surface area contributed by atoms with Gasteiger partial charge >= 0.3 is 47.8 Å². The lowest BCUT2D eigenvalue weighted by Crippen LogP contribution is -2.15. The van der Waals surface area contributed by atoms with Gasteiger partial charge < -0.3 is 85.8 Å². The lowest BCUT2D eigenvalue weighted by molar-refractivity contribution is -0.146. The molecule has 28 heteroatoms. The number of hydrogen-bond acceptors (Lipinski definition) is 26. The molecule has 104 heavy (non-hydrogen) atoms. The number of carbonyl (C=O) groups excluding carboxylic acids is 8. The monoisotopic (exact) mass is 1430 g/mol. The number of H-pyrrole nitrogens is 2. The minimum Gasteiger partial charge on any atom is -0.482 e. The first-order valence-corrected chi connectivity index (χ1v) is 33.5. The van der Waals surface area contributed by atoms with Crippen LogP contribution in [0.1, 0.15) is 78.2 Å². The predicted molar refractivity (Wildman–Crippen MR) is 378 cm³/mol. The average Bonchev–Trinajstić information content (AvgIpc) is 1.43. The molecule has 0 amide bonds. The molecule has 4 aromatic carbocycles. The predicted octanol–water partition coefficient (Wildman–Crippen LogP) is 10.9. The molecular formula is C76H78N4O24. The molecule has 2 N–H and O–H groups in total. The van der Waals surface area contributed by atoms with Crippen LogP contribution < -0.4 is 37.9 Å². The first-order chi connectivity index (χ1) is 50.4. The van der Waals surface area contributed by atoms with Crippen molar-refractivity contribution in [2.45, 2.75) is 55.4 Å². The molecule has 5 heterocycles. The summed E-state index contributed by atoms with van der Waals surface area (Å²) >= 11 is 0. The van der Waals surface area contributed by atoms with E-state index in [1.54, 1.807) is 152 Å². The van der Waals surface area contributed by atoms with Crippen molar-refractivity contribution < 1.29 is 114 Å². The lowest BCUT2D eigenvalue weighted by atomic mass is 10.0. The number of hydrogen-bond donors (Lipinski definition) is 2. The Bertz CT molecular complexity index is 3830. The Labute approximate surface area is 597 Å². The highest BCUT2D eigenvalue weighted by Gasteiger charge is 2.25. The number of aromatic nitrogens is 4. The van der Waals surface area contributed by atoms with Crippen LogP contribution in [0, 0.1) is 0 Å². The summed E-state index contributed by atoms with van der Waals surface area (Å²) in [6.45, 7) is 9.77. The van der Waals surface area contributed by atoms with Crippen LogP contribution in [0.4, 0.5) is 0 Å². The first kappa shape index (κ1) is 75.8. The molecule has 0 aliphatic carbocycles. The van der Waals surface area contributed by atoms with Crippen molar-refractivity contribution in [3.63, 3.8) is 0 Å². The highest BCUT2D eigenvalue weighted by atomic mass is 16.6. The normalized spacial score (nSPS) is 11.2. The largest absolute Gasteiger partial charge is 0.482 e. The Morgan fingerprint density at radius 1 is 0.250 bits per heavy atom. The number of aromatic amines is 2. The summed E-state index contributed by atoms with van der Waals surface area (Å²) in [6, 6.07) is 26.3. The van der Waals surface area contributed by atoms with Gasteiger partial charge in [0.2, 0.25) is 0 Å². The second-order valence-corrected chi connectivity index (χ2v) is 22.0. The van der Waals surface area contributed by atoms with Gasteiger partial charge in [0.15, 0.2) is 52.9 Å². The summed E-state index contributed by atoms with van der Waals surface area (Å²) < 4.78 is 90.5. The molecule has 28 nitrogen and oxygen atoms in total. The zero-order chi connectivity index (χ0) is 74.1. The molecule has 8 bridgehead atoms. The van der Waals surface area contributed by atoms with Gasteiger partial charge in [-0.3, -0.25) is 0 Å². The number of carbonyl (C=O) groups is 8. The third-order valence-corrected chi connectivity index (χ3v) is 14.7. The van der Waals surface area contributed by atoms with Crippen molar-refractivity contribution in [1.29, 1.82) is 0 Å². The van der Waals surface area contributed by atoms with E-state index in [0.717, 1.165) is 0 Å². The quantitative estimate of drug-likeness (QED) is 0.0272. The SMILES string of the molecule is CCOC(=O)COc1cc(OCC(=O)OCC)cc(-c2c3nc(c(-c4cc(OCC(=O)OCC)cc(OCC(=O)OCC)c4)c4ccc([nH]4)c(-c4cc(OCC(=O)OCC)cc(OCC(=O)OCC)c4)c4nc(c(-c5cc(OCC(=O)OCC)cc(OCC(=O)OCC)c5)c5ccc2[nH]5)C=C4)C=C3)c1. The third kappa shape index (κ3) is 20.9. The van der Waals surface area contributed by atoms with Crippen LogP contribution in [-0.2, 0) is 76.3 Å². The number of nitrogens with one attached hydrogen (secondary N) is 2. The molecule has 2 aliphatic heterocycles. The van der Waals surface area contributed by atoms with Gasteiger partial charge in [0.05, 0.1) is 75.6 Å². The molecule has 0 radical (unpaired) electrons. The third-order valence-electron chi connectivity index (χ3n) is 14.7. The van der Waals surface area contributed by atoms with Gasteiger partial charge in [-0.1, -0.05) is 0 Å². The number of benzene rings is 4. The van der Waals surface area contributed by atoms with Crippen molar-refractivity contribution in [1.82, 2.24) is 19.9 Å². The Morgan fingerprint density at radius 3 is 0.548 bits per heavy atom. The smallest absolute Gasteiger partial charge is 0.344 e. The molecule has 9 rings (SSSR count). The number of rotatable bonds is 36. The summed E-state index contributed by atoms with van der Waals surface area (Å²) in [5.41, 5.74) is 5.81. The van der Waals surface area contributed by atoms with Gasteiger partial charge in [0.1, 0.15) is 46.0 Å². The summed E-state index contributed by atoms with van der Waals surface area (Å²) in [7, 11) is 0. The zero-order valence-corrected chi connectivity index (χ0v) is 58.6. The van der Waals surface area contributed by atoms with E-state index in [4.69, 9.17) is 85.8 Å². The van der Waals surface area contributed by atoms with Crippen LogP contribution >= 0.6 is 0 Å². The summed E-state index contributed by atoms with van der Waals surface area (Å²) in [4.78, 5) is 121. The Kier molecular flexibility index (Phi) is 27.2. The summed E-state index contributed by atoms with van der Waals surface area (Å²) in [5.74, 6) is -4.40. The molecule has 2 aliphatic rings. The molecule has 3 aromatic heterocycles. The maximum absolute atomic E-state index is 12.9. The van der Waals surface area contributed by atoms with Crippen molar-refractivity contribution in [3.05, 3.63) is 120 Å². The molecule has 0 spiro atoms. The maximum atomic E-state index is 12.9. The molecule has 0 saturated carbocycles. The second-order valence-electron chi connectivity index (χ2n) is 22.0. The van der Waals surface area contributed by atoms with Crippen LogP contribution in [-0.4, -0.2) is 173 Å². The van der Waals surface area contributed by atoms with E-state index in [9.17, 15) is 38.4 Å². The van der Waals surface area contributed by atoms with Crippen molar-refractivity contribution in [2.24, 2.45) is 0 Å². The Hall–Kier alpha value is -12.4. The van der Waals surface area contributed by atoms with E-state index in [1.165, 1.54) is 24.3 Å². The lowest BCUT2D eigenvalue weighted by Gasteiger charge is -2.14. The molecule has 7 aromatic rings. The number of esters is 8. The van der Waals surface area contributed by atoms with Gasteiger partial charge in [0, 0.05) is 68.6 Å². The molecule has 546 valence electrons. The number of nitrogens with zero attached hydrogens (tertiary/aromatic N) is 2. The van der Waals surface area contributed by atoms with Crippen molar-refractivity contribution in [3.8, 4) is 90.5 Å². The van der Waals surface area contributed by atoms with Crippen LogP contribution in [0.25, 0.3) is 90.9 Å². The first-order valence-electron chi connectivity index (χ1n) is 33.5. The van der Waals surface area contributed by atoms with E-state index in [0.29, 0.717) is 89.4 Å². The summed E-state index contributed by atoms with van der Waals surface area (Å²) in [6.07, 6.45) is 7.01. The van der Waals surface area contributed by atoms with Crippen LogP contribution in [0.15, 0.2) is 97.1 Å².